The first-order chi connectivity index (χ1) is 6.11. The van der Waals surface area contributed by atoms with Crippen LogP contribution in [0.4, 0.5) is 4.39 Å². The highest BCUT2D eigenvalue weighted by molar-refractivity contribution is 7.80. The number of hydrogen-bond acceptors (Lipinski definition) is 1. The summed E-state index contributed by atoms with van der Waals surface area (Å²) in [6.07, 6.45) is 0. The van der Waals surface area contributed by atoms with Crippen LogP contribution in [0, 0.1) is 5.82 Å². The fourth-order valence-electron chi connectivity index (χ4n) is 1.12. The Bertz CT molecular complexity index is 314. The maximum atomic E-state index is 13.2. The van der Waals surface area contributed by atoms with Gasteiger partial charge in [0, 0.05) is 5.56 Å². The lowest BCUT2D eigenvalue weighted by Gasteiger charge is -2.14. The molecule has 1 aromatic carbocycles. The predicted molar refractivity (Wildman–Crippen MR) is 54.7 cm³/mol. The third kappa shape index (κ3) is 2.66. The number of nitrogens with one attached hydrogen (secondary N) is 1. The Kier molecular flexibility index (Phi) is 3.19. The minimum absolute atomic E-state index is 0.177. The van der Waals surface area contributed by atoms with E-state index in [0.717, 1.165) is 0 Å². The summed E-state index contributed by atoms with van der Waals surface area (Å²) in [4.78, 5) is 0. The van der Waals surface area contributed by atoms with E-state index in [1.807, 2.05) is 0 Å². The molecule has 13 heavy (non-hydrogen) atoms. The van der Waals surface area contributed by atoms with E-state index in [0.29, 0.717) is 5.56 Å². The van der Waals surface area contributed by atoms with Crippen LogP contribution in [0.15, 0.2) is 24.3 Å². The van der Waals surface area contributed by atoms with Crippen molar-refractivity contribution in [1.29, 1.82) is 0 Å². The number of nitrogens with two attached hydrogens (primary N) is 1. The highest BCUT2D eigenvalue weighted by Gasteiger charge is 2.09. The van der Waals surface area contributed by atoms with Gasteiger partial charge in [0.2, 0.25) is 0 Å². The number of hydrogen-bond donors (Lipinski definition) is 2. The molecule has 0 heterocycles. The van der Waals surface area contributed by atoms with Gasteiger partial charge in [-0.2, -0.15) is 0 Å². The van der Waals surface area contributed by atoms with E-state index < -0.39 is 0 Å². The smallest absolute Gasteiger partial charge is 0.164 e. The maximum Gasteiger partial charge on any atom is 0.164 e. The van der Waals surface area contributed by atoms with Gasteiger partial charge in [-0.25, -0.2) is 4.39 Å². The van der Waals surface area contributed by atoms with E-state index in [-0.39, 0.29) is 17.0 Å². The SMILES string of the molecule is CC(NC(N)=S)c1ccccc1F. The zero-order valence-electron chi connectivity index (χ0n) is 7.25. The van der Waals surface area contributed by atoms with Crippen LogP contribution >= 0.6 is 12.2 Å². The van der Waals surface area contributed by atoms with Crippen molar-refractivity contribution in [2.24, 2.45) is 5.73 Å². The molecule has 1 rings (SSSR count). The molecule has 0 bridgehead atoms. The van der Waals surface area contributed by atoms with Gasteiger partial charge in [0.1, 0.15) is 5.82 Å². The average molecular weight is 198 g/mol. The van der Waals surface area contributed by atoms with Crippen LogP contribution in [0.2, 0.25) is 0 Å². The van der Waals surface area contributed by atoms with Crippen LogP contribution in [0.3, 0.4) is 0 Å². The summed E-state index contributed by atoms with van der Waals surface area (Å²) < 4.78 is 13.2. The molecule has 0 aromatic heterocycles. The van der Waals surface area contributed by atoms with Crippen molar-refractivity contribution in [1.82, 2.24) is 5.32 Å². The molecule has 0 aliphatic rings. The molecular weight excluding hydrogens is 187 g/mol. The van der Waals surface area contributed by atoms with Crippen LogP contribution in [-0.2, 0) is 0 Å². The monoisotopic (exact) mass is 198 g/mol. The second-order valence-electron chi connectivity index (χ2n) is 2.75. The molecule has 0 amide bonds. The second-order valence-corrected chi connectivity index (χ2v) is 3.19. The minimum Gasteiger partial charge on any atom is -0.376 e. The quantitative estimate of drug-likeness (QED) is 0.711. The van der Waals surface area contributed by atoms with E-state index in [1.54, 1.807) is 25.1 Å². The fourth-order valence-corrected chi connectivity index (χ4v) is 1.29. The average Bonchev–Trinajstić information content (AvgIpc) is 2.03. The first-order valence-electron chi connectivity index (χ1n) is 3.91. The Hall–Kier alpha value is -1.16. The first kappa shape index (κ1) is 9.92. The molecule has 3 N–H and O–H groups in total. The van der Waals surface area contributed by atoms with Crippen LogP contribution in [-0.4, -0.2) is 5.11 Å². The Morgan fingerprint density at radius 1 is 1.54 bits per heavy atom. The normalized spacial score (nSPS) is 12.2. The Balaban J connectivity index is 2.82. The molecule has 0 aliphatic carbocycles. The van der Waals surface area contributed by atoms with Crippen LogP contribution in [0.1, 0.15) is 18.5 Å². The van der Waals surface area contributed by atoms with Gasteiger partial charge in [-0.05, 0) is 25.2 Å². The standard InChI is InChI=1S/C9H11FN2S/c1-6(12-9(11)13)7-4-2-3-5-8(7)10/h2-6H,1H3,(H3,11,12,13). The maximum absolute atomic E-state index is 13.2. The van der Waals surface area contributed by atoms with Gasteiger partial charge in [0.25, 0.3) is 0 Å². The van der Waals surface area contributed by atoms with E-state index in [2.05, 4.69) is 17.5 Å². The zero-order chi connectivity index (χ0) is 9.84. The lowest BCUT2D eigenvalue weighted by Crippen LogP contribution is -2.31. The molecule has 0 aliphatic heterocycles. The number of rotatable bonds is 2. The molecule has 70 valence electrons. The Labute approximate surface area is 81.9 Å². The summed E-state index contributed by atoms with van der Waals surface area (Å²) in [5.74, 6) is -0.251. The fraction of sp³-hybridized carbons (Fsp3) is 0.222. The summed E-state index contributed by atoms with van der Waals surface area (Å²) in [6, 6.07) is 6.33. The molecule has 4 heteroatoms. The largest absolute Gasteiger partial charge is 0.376 e. The third-order valence-corrected chi connectivity index (χ3v) is 1.85. The summed E-state index contributed by atoms with van der Waals surface area (Å²) in [6.45, 7) is 1.80. The van der Waals surface area contributed by atoms with Gasteiger partial charge in [-0.15, -0.1) is 0 Å². The Morgan fingerprint density at radius 3 is 2.69 bits per heavy atom. The summed E-state index contributed by atoms with van der Waals surface area (Å²) in [5.41, 5.74) is 5.84. The molecular formula is C9H11FN2S. The number of halogens is 1. The lowest BCUT2D eigenvalue weighted by atomic mass is 10.1. The molecule has 0 saturated carbocycles. The van der Waals surface area contributed by atoms with Gasteiger partial charge < -0.3 is 11.1 Å². The lowest BCUT2D eigenvalue weighted by molar-refractivity contribution is 0.579. The minimum atomic E-state index is -0.251. The molecule has 0 saturated heterocycles. The van der Waals surface area contributed by atoms with Gasteiger partial charge >= 0.3 is 0 Å². The summed E-state index contributed by atoms with van der Waals surface area (Å²) in [7, 11) is 0. The molecule has 1 atom stereocenters. The van der Waals surface area contributed by atoms with E-state index in [1.165, 1.54) is 6.07 Å². The molecule has 0 fully saturated rings. The Morgan fingerprint density at radius 2 is 2.15 bits per heavy atom. The van der Waals surface area contributed by atoms with E-state index in [9.17, 15) is 4.39 Å². The summed E-state index contributed by atoms with van der Waals surface area (Å²) >= 11 is 4.66. The topological polar surface area (TPSA) is 38.0 Å². The van der Waals surface area contributed by atoms with Crippen molar-refractivity contribution in [2.45, 2.75) is 13.0 Å². The van der Waals surface area contributed by atoms with Gasteiger partial charge in [-0.1, -0.05) is 18.2 Å². The predicted octanol–water partition coefficient (Wildman–Crippen LogP) is 1.72. The van der Waals surface area contributed by atoms with Crippen molar-refractivity contribution < 1.29 is 4.39 Å². The van der Waals surface area contributed by atoms with Crippen LogP contribution < -0.4 is 11.1 Å². The van der Waals surface area contributed by atoms with Crippen LogP contribution in [0.25, 0.3) is 0 Å². The van der Waals surface area contributed by atoms with Crippen molar-refractivity contribution >= 4 is 17.3 Å². The van der Waals surface area contributed by atoms with Crippen molar-refractivity contribution in [3.05, 3.63) is 35.6 Å². The summed E-state index contributed by atoms with van der Waals surface area (Å²) in [5, 5.41) is 2.95. The van der Waals surface area contributed by atoms with Crippen molar-refractivity contribution in [2.75, 3.05) is 0 Å². The second kappa shape index (κ2) is 4.18. The van der Waals surface area contributed by atoms with E-state index in [4.69, 9.17) is 5.73 Å². The molecule has 0 radical (unpaired) electrons. The van der Waals surface area contributed by atoms with Crippen molar-refractivity contribution in [3.63, 3.8) is 0 Å². The zero-order valence-corrected chi connectivity index (χ0v) is 8.07. The molecule has 2 nitrogen and oxygen atoms in total. The highest BCUT2D eigenvalue weighted by Crippen LogP contribution is 2.15. The third-order valence-electron chi connectivity index (χ3n) is 1.73. The van der Waals surface area contributed by atoms with Gasteiger partial charge in [0.15, 0.2) is 5.11 Å². The highest BCUT2D eigenvalue weighted by atomic mass is 32.1. The van der Waals surface area contributed by atoms with Crippen LogP contribution in [0.5, 0.6) is 0 Å². The first-order valence-corrected chi connectivity index (χ1v) is 4.32. The van der Waals surface area contributed by atoms with Crippen molar-refractivity contribution in [3.8, 4) is 0 Å². The molecule has 1 aromatic rings. The molecule has 0 spiro atoms. The van der Waals surface area contributed by atoms with Gasteiger partial charge in [-0.3, -0.25) is 0 Å². The number of benzene rings is 1. The molecule has 1 unspecified atom stereocenters. The number of thiocarbonyl (C=S) groups is 1. The van der Waals surface area contributed by atoms with E-state index >= 15 is 0 Å². The van der Waals surface area contributed by atoms with Gasteiger partial charge in [0.05, 0.1) is 6.04 Å².